The third kappa shape index (κ3) is 4.54. The highest BCUT2D eigenvalue weighted by Crippen LogP contribution is 2.27. The second-order valence-electron chi connectivity index (χ2n) is 7.01. The van der Waals surface area contributed by atoms with Gasteiger partial charge in [-0.2, -0.15) is 4.98 Å². The number of thiazole rings is 1. The Balaban J connectivity index is 1.46. The number of ether oxygens (including phenoxy) is 1. The van der Waals surface area contributed by atoms with Gasteiger partial charge in [0.2, 0.25) is 11.7 Å². The summed E-state index contributed by atoms with van der Waals surface area (Å²) in [7, 11) is 0. The standard InChI is InChI=1S/C23H23N3O2S/c1-4-11-27-18-8-6-17(7-9-18)23-25-21(28-26-23)13-22-24-20(14-29-22)19-10-5-15(2)12-16(19)3/h5-10,12,14H,4,11,13H2,1-3H3. The van der Waals surface area contributed by atoms with Crippen molar-refractivity contribution in [3.05, 3.63) is 69.9 Å². The molecule has 0 unspecified atom stereocenters. The van der Waals surface area contributed by atoms with Crippen molar-refractivity contribution >= 4 is 11.3 Å². The lowest BCUT2D eigenvalue weighted by atomic mass is 10.0. The molecular weight excluding hydrogens is 382 g/mol. The molecule has 5 nitrogen and oxygen atoms in total. The number of aromatic nitrogens is 3. The number of aryl methyl sites for hydroxylation is 2. The summed E-state index contributed by atoms with van der Waals surface area (Å²) in [6, 6.07) is 14.2. The van der Waals surface area contributed by atoms with Crippen molar-refractivity contribution in [2.75, 3.05) is 6.61 Å². The van der Waals surface area contributed by atoms with Crippen molar-refractivity contribution in [3.8, 4) is 28.4 Å². The molecule has 0 aliphatic carbocycles. The molecule has 0 saturated heterocycles. The molecule has 0 radical (unpaired) electrons. The third-order valence-corrected chi connectivity index (χ3v) is 5.41. The van der Waals surface area contributed by atoms with Gasteiger partial charge in [0.15, 0.2) is 0 Å². The minimum Gasteiger partial charge on any atom is -0.494 e. The van der Waals surface area contributed by atoms with Gasteiger partial charge in [-0.1, -0.05) is 35.8 Å². The average Bonchev–Trinajstić information content (AvgIpc) is 3.37. The summed E-state index contributed by atoms with van der Waals surface area (Å²) in [5, 5.41) is 7.15. The lowest BCUT2D eigenvalue weighted by Crippen LogP contribution is -1.94. The van der Waals surface area contributed by atoms with Crippen LogP contribution in [0, 0.1) is 13.8 Å². The quantitative estimate of drug-likeness (QED) is 0.385. The number of nitrogens with zero attached hydrogens (tertiary/aromatic N) is 3. The van der Waals surface area contributed by atoms with Gasteiger partial charge >= 0.3 is 0 Å². The summed E-state index contributed by atoms with van der Waals surface area (Å²) in [6.07, 6.45) is 1.51. The van der Waals surface area contributed by atoms with E-state index in [1.807, 2.05) is 24.3 Å². The fourth-order valence-corrected chi connectivity index (χ4v) is 3.90. The predicted octanol–water partition coefficient (Wildman–Crippen LogP) is 5.86. The zero-order chi connectivity index (χ0) is 20.2. The zero-order valence-electron chi connectivity index (χ0n) is 16.8. The second kappa shape index (κ2) is 8.57. The largest absolute Gasteiger partial charge is 0.494 e. The van der Waals surface area contributed by atoms with Gasteiger partial charge in [-0.15, -0.1) is 11.3 Å². The smallest absolute Gasteiger partial charge is 0.233 e. The van der Waals surface area contributed by atoms with E-state index in [0.29, 0.717) is 24.7 Å². The van der Waals surface area contributed by atoms with Crippen molar-refractivity contribution < 1.29 is 9.26 Å². The van der Waals surface area contributed by atoms with Crippen LogP contribution in [-0.2, 0) is 6.42 Å². The van der Waals surface area contributed by atoms with Crippen molar-refractivity contribution in [1.29, 1.82) is 0 Å². The van der Waals surface area contributed by atoms with Crippen LogP contribution in [0.5, 0.6) is 5.75 Å². The van der Waals surface area contributed by atoms with Crippen LogP contribution in [0.3, 0.4) is 0 Å². The molecule has 29 heavy (non-hydrogen) atoms. The van der Waals surface area contributed by atoms with Gasteiger partial charge in [0.05, 0.1) is 18.7 Å². The highest BCUT2D eigenvalue weighted by Gasteiger charge is 2.13. The van der Waals surface area contributed by atoms with Crippen LogP contribution in [0.1, 0.15) is 35.4 Å². The van der Waals surface area contributed by atoms with Gasteiger partial charge in [-0.25, -0.2) is 4.98 Å². The Morgan fingerprint density at radius 1 is 1.03 bits per heavy atom. The minimum absolute atomic E-state index is 0.528. The maximum absolute atomic E-state index is 5.61. The van der Waals surface area contributed by atoms with Crippen LogP contribution in [0.25, 0.3) is 22.6 Å². The van der Waals surface area contributed by atoms with Crippen LogP contribution >= 0.6 is 11.3 Å². The average molecular weight is 406 g/mol. The van der Waals surface area contributed by atoms with E-state index >= 15 is 0 Å². The first-order valence-electron chi connectivity index (χ1n) is 9.70. The predicted molar refractivity (Wildman–Crippen MR) is 115 cm³/mol. The number of rotatable bonds is 7. The van der Waals surface area contributed by atoms with Crippen LogP contribution < -0.4 is 4.74 Å². The van der Waals surface area contributed by atoms with E-state index in [2.05, 4.69) is 54.5 Å². The summed E-state index contributed by atoms with van der Waals surface area (Å²) in [5.41, 5.74) is 5.54. The van der Waals surface area contributed by atoms with Crippen LogP contribution in [0.4, 0.5) is 0 Å². The molecule has 0 saturated carbocycles. The van der Waals surface area contributed by atoms with Gasteiger partial charge in [0.25, 0.3) is 0 Å². The summed E-state index contributed by atoms with van der Waals surface area (Å²) < 4.78 is 11.1. The molecule has 4 rings (SSSR count). The van der Waals surface area contributed by atoms with E-state index < -0.39 is 0 Å². The Labute approximate surface area is 174 Å². The van der Waals surface area contributed by atoms with Crippen molar-refractivity contribution in [3.63, 3.8) is 0 Å². The van der Waals surface area contributed by atoms with Gasteiger partial charge in [-0.05, 0) is 50.1 Å². The van der Waals surface area contributed by atoms with E-state index in [0.717, 1.165) is 34.0 Å². The molecule has 0 amide bonds. The van der Waals surface area contributed by atoms with Gasteiger partial charge in [-0.3, -0.25) is 0 Å². The van der Waals surface area contributed by atoms with Crippen molar-refractivity contribution in [2.24, 2.45) is 0 Å². The van der Waals surface area contributed by atoms with Crippen LogP contribution in [-0.4, -0.2) is 21.7 Å². The third-order valence-electron chi connectivity index (χ3n) is 4.57. The second-order valence-corrected chi connectivity index (χ2v) is 7.95. The molecule has 2 heterocycles. The Bertz CT molecular complexity index is 1100. The monoisotopic (exact) mass is 405 g/mol. The van der Waals surface area contributed by atoms with Gasteiger partial charge < -0.3 is 9.26 Å². The fraction of sp³-hybridized carbons (Fsp3) is 0.261. The highest BCUT2D eigenvalue weighted by atomic mass is 32.1. The van der Waals surface area contributed by atoms with Crippen molar-refractivity contribution in [1.82, 2.24) is 15.1 Å². The van der Waals surface area contributed by atoms with Crippen LogP contribution in [0.15, 0.2) is 52.4 Å². The summed E-state index contributed by atoms with van der Waals surface area (Å²) in [6.45, 7) is 7.01. The number of benzene rings is 2. The lowest BCUT2D eigenvalue weighted by molar-refractivity contribution is 0.317. The first-order valence-corrected chi connectivity index (χ1v) is 10.6. The fourth-order valence-electron chi connectivity index (χ4n) is 3.11. The summed E-state index contributed by atoms with van der Waals surface area (Å²) in [4.78, 5) is 9.29. The Kier molecular flexibility index (Phi) is 5.71. The van der Waals surface area contributed by atoms with E-state index in [-0.39, 0.29) is 0 Å². The molecule has 0 spiro atoms. The van der Waals surface area contributed by atoms with E-state index in [4.69, 9.17) is 14.2 Å². The molecule has 0 aliphatic heterocycles. The Morgan fingerprint density at radius 3 is 2.62 bits per heavy atom. The Morgan fingerprint density at radius 2 is 1.86 bits per heavy atom. The highest BCUT2D eigenvalue weighted by molar-refractivity contribution is 7.10. The van der Waals surface area contributed by atoms with Crippen molar-refractivity contribution in [2.45, 2.75) is 33.6 Å². The van der Waals surface area contributed by atoms with E-state index in [1.165, 1.54) is 11.1 Å². The topological polar surface area (TPSA) is 61.0 Å². The SMILES string of the molecule is CCCOc1ccc(-c2noc(Cc3nc(-c4ccc(C)cc4C)cs3)n2)cc1. The number of hydrogen-bond acceptors (Lipinski definition) is 6. The molecule has 0 bridgehead atoms. The summed E-state index contributed by atoms with van der Waals surface area (Å²) in [5.74, 6) is 1.99. The molecule has 2 aromatic carbocycles. The van der Waals surface area contributed by atoms with Gasteiger partial charge in [0.1, 0.15) is 10.8 Å². The normalized spacial score (nSPS) is 11.0. The Hall–Kier alpha value is -2.99. The van der Waals surface area contributed by atoms with Crippen LogP contribution in [0.2, 0.25) is 0 Å². The first-order chi connectivity index (χ1) is 14.1. The maximum atomic E-state index is 5.61. The number of hydrogen-bond donors (Lipinski definition) is 0. The van der Waals surface area contributed by atoms with E-state index in [9.17, 15) is 0 Å². The molecule has 148 valence electrons. The van der Waals surface area contributed by atoms with E-state index in [1.54, 1.807) is 11.3 Å². The molecular formula is C23H23N3O2S. The lowest BCUT2D eigenvalue weighted by Gasteiger charge is -2.03. The van der Waals surface area contributed by atoms with Gasteiger partial charge in [0, 0.05) is 16.5 Å². The molecule has 0 atom stereocenters. The molecule has 0 aliphatic rings. The minimum atomic E-state index is 0.528. The maximum Gasteiger partial charge on any atom is 0.233 e. The zero-order valence-corrected chi connectivity index (χ0v) is 17.6. The first kappa shape index (κ1) is 19.3. The molecule has 4 aromatic rings. The molecule has 0 N–H and O–H groups in total. The molecule has 2 aromatic heterocycles. The molecule has 0 fully saturated rings. The summed E-state index contributed by atoms with van der Waals surface area (Å²) >= 11 is 1.61. The molecule has 6 heteroatoms.